The van der Waals surface area contributed by atoms with Crippen molar-refractivity contribution >= 4 is 16.6 Å². The Kier molecular flexibility index (Phi) is 1.96. The van der Waals surface area contributed by atoms with E-state index in [1.165, 1.54) is 12.1 Å². The van der Waals surface area contributed by atoms with Crippen LogP contribution in [-0.2, 0) is 0 Å². The molecular formula is C12H11FN2O. The van der Waals surface area contributed by atoms with Gasteiger partial charge in [-0.3, -0.25) is 4.79 Å². The van der Waals surface area contributed by atoms with Crippen molar-refractivity contribution in [1.29, 1.82) is 0 Å². The van der Waals surface area contributed by atoms with Crippen LogP contribution in [0.3, 0.4) is 0 Å². The van der Waals surface area contributed by atoms with E-state index in [0.717, 1.165) is 12.8 Å². The van der Waals surface area contributed by atoms with Crippen molar-refractivity contribution < 1.29 is 4.39 Å². The highest BCUT2D eigenvalue weighted by atomic mass is 19.1. The standard InChI is InChI=1S/C12H11FN2O/c13-9-5-7-1-4-12(16)15-10(7)6-11(9)14-8-2-3-8/h1,4-6,8,14H,2-3H2,(H,15,16). The van der Waals surface area contributed by atoms with Crippen molar-refractivity contribution in [2.24, 2.45) is 0 Å². The van der Waals surface area contributed by atoms with E-state index in [1.54, 1.807) is 12.1 Å². The van der Waals surface area contributed by atoms with Gasteiger partial charge in [-0.1, -0.05) is 0 Å². The molecule has 0 atom stereocenters. The van der Waals surface area contributed by atoms with Crippen LogP contribution in [0.5, 0.6) is 0 Å². The second-order valence-corrected chi connectivity index (χ2v) is 4.16. The van der Waals surface area contributed by atoms with Crippen LogP contribution >= 0.6 is 0 Å². The lowest BCUT2D eigenvalue weighted by Gasteiger charge is -2.07. The average molecular weight is 218 g/mol. The number of aromatic amines is 1. The average Bonchev–Trinajstić information content (AvgIpc) is 3.04. The van der Waals surface area contributed by atoms with Gasteiger partial charge in [0.25, 0.3) is 0 Å². The Labute approximate surface area is 91.3 Å². The first-order valence-corrected chi connectivity index (χ1v) is 5.31. The maximum atomic E-state index is 13.7. The summed E-state index contributed by atoms with van der Waals surface area (Å²) < 4.78 is 13.7. The van der Waals surface area contributed by atoms with Gasteiger partial charge < -0.3 is 10.3 Å². The Morgan fingerprint density at radius 1 is 1.31 bits per heavy atom. The highest BCUT2D eigenvalue weighted by Gasteiger charge is 2.22. The van der Waals surface area contributed by atoms with Gasteiger partial charge in [0, 0.05) is 17.5 Å². The SMILES string of the molecule is O=c1ccc2cc(F)c(NC3CC3)cc2[nH]1. The molecule has 2 N–H and O–H groups in total. The summed E-state index contributed by atoms with van der Waals surface area (Å²) >= 11 is 0. The van der Waals surface area contributed by atoms with E-state index in [1.807, 2.05) is 0 Å². The number of pyridine rings is 1. The highest BCUT2D eigenvalue weighted by Crippen LogP contribution is 2.28. The van der Waals surface area contributed by atoms with Crippen LogP contribution in [0, 0.1) is 5.82 Å². The smallest absolute Gasteiger partial charge is 0.248 e. The fraction of sp³-hybridized carbons (Fsp3) is 0.250. The zero-order valence-corrected chi connectivity index (χ0v) is 8.59. The van der Waals surface area contributed by atoms with Crippen LogP contribution < -0.4 is 10.9 Å². The molecule has 2 aromatic rings. The van der Waals surface area contributed by atoms with Gasteiger partial charge in [0.05, 0.1) is 11.2 Å². The van der Waals surface area contributed by atoms with Gasteiger partial charge in [-0.2, -0.15) is 0 Å². The molecule has 0 aliphatic heterocycles. The molecule has 3 nitrogen and oxygen atoms in total. The summed E-state index contributed by atoms with van der Waals surface area (Å²) in [5.74, 6) is -0.272. The van der Waals surface area contributed by atoms with E-state index in [4.69, 9.17) is 0 Å². The molecule has 4 heteroatoms. The van der Waals surface area contributed by atoms with Gasteiger partial charge >= 0.3 is 0 Å². The Morgan fingerprint density at radius 3 is 2.88 bits per heavy atom. The number of aromatic nitrogens is 1. The topological polar surface area (TPSA) is 44.9 Å². The summed E-state index contributed by atoms with van der Waals surface area (Å²) in [5, 5.41) is 3.81. The lowest BCUT2D eigenvalue weighted by atomic mass is 10.2. The van der Waals surface area contributed by atoms with Gasteiger partial charge in [-0.15, -0.1) is 0 Å². The minimum atomic E-state index is -0.272. The number of benzene rings is 1. The number of H-pyrrole nitrogens is 1. The third kappa shape index (κ3) is 1.66. The summed E-state index contributed by atoms with van der Waals surface area (Å²) in [4.78, 5) is 13.8. The van der Waals surface area contributed by atoms with E-state index >= 15 is 0 Å². The zero-order chi connectivity index (χ0) is 11.1. The van der Waals surface area contributed by atoms with Crippen LogP contribution in [0.25, 0.3) is 10.9 Å². The Balaban J connectivity index is 2.13. The minimum Gasteiger partial charge on any atom is -0.380 e. The third-order valence-corrected chi connectivity index (χ3v) is 2.75. The lowest BCUT2D eigenvalue weighted by molar-refractivity contribution is 0.631. The number of halogens is 1. The monoisotopic (exact) mass is 218 g/mol. The van der Waals surface area contributed by atoms with Gasteiger partial charge in [0.1, 0.15) is 5.82 Å². The molecule has 82 valence electrons. The quantitative estimate of drug-likeness (QED) is 0.812. The van der Waals surface area contributed by atoms with Gasteiger partial charge in [-0.25, -0.2) is 4.39 Å². The minimum absolute atomic E-state index is 0.170. The number of hydrogen-bond donors (Lipinski definition) is 2. The van der Waals surface area contributed by atoms with Gasteiger partial charge in [-0.05, 0) is 31.0 Å². The molecule has 0 radical (unpaired) electrons. The van der Waals surface area contributed by atoms with Crippen LogP contribution in [-0.4, -0.2) is 11.0 Å². The first-order valence-electron chi connectivity index (χ1n) is 5.31. The van der Waals surface area contributed by atoms with Crippen molar-refractivity contribution in [3.63, 3.8) is 0 Å². The van der Waals surface area contributed by atoms with Crippen LogP contribution in [0.1, 0.15) is 12.8 Å². The predicted molar refractivity (Wildman–Crippen MR) is 61.2 cm³/mol. The fourth-order valence-corrected chi connectivity index (χ4v) is 1.73. The molecule has 16 heavy (non-hydrogen) atoms. The molecule has 1 heterocycles. The number of hydrogen-bond acceptors (Lipinski definition) is 2. The van der Waals surface area contributed by atoms with E-state index in [0.29, 0.717) is 22.6 Å². The third-order valence-electron chi connectivity index (χ3n) is 2.75. The first kappa shape index (κ1) is 9.39. The number of nitrogens with one attached hydrogen (secondary N) is 2. The second-order valence-electron chi connectivity index (χ2n) is 4.16. The van der Waals surface area contributed by atoms with Crippen LogP contribution in [0.15, 0.2) is 29.1 Å². The second kappa shape index (κ2) is 3.33. The molecule has 1 aliphatic rings. The molecule has 1 fully saturated rings. The molecule has 1 saturated carbocycles. The lowest BCUT2D eigenvalue weighted by Crippen LogP contribution is -2.06. The maximum absolute atomic E-state index is 13.7. The molecule has 0 amide bonds. The number of rotatable bonds is 2. The summed E-state index contributed by atoms with van der Waals surface area (Å²) in [5.41, 5.74) is 0.963. The Morgan fingerprint density at radius 2 is 2.12 bits per heavy atom. The summed E-state index contributed by atoms with van der Waals surface area (Å²) in [6.07, 6.45) is 2.17. The van der Waals surface area contributed by atoms with E-state index < -0.39 is 0 Å². The fourth-order valence-electron chi connectivity index (χ4n) is 1.73. The van der Waals surface area contributed by atoms with Gasteiger partial charge in [0.15, 0.2) is 0 Å². The van der Waals surface area contributed by atoms with E-state index in [2.05, 4.69) is 10.3 Å². The molecule has 0 bridgehead atoms. The normalized spacial score (nSPS) is 15.3. The summed E-state index contributed by atoms with van der Waals surface area (Å²) in [6, 6.07) is 6.51. The Bertz CT molecular complexity index is 601. The maximum Gasteiger partial charge on any atom is 0.248 e. The Hall–Kier alpha value is -1.84. The van der Waals surface area contributed by atoms with Crippen molar-refractivity contribution in [2.75, 3.05) is 5.32 Å². The largest absolute Gasteiger partial charge is 0.380 e. The zero-order valence-electron chi connectivity index (χ0n) is 8.59. The molecule has 1 aromatic heterocycles. The molecule has 0 saturated heterocycles. The highest BCUT2D eigenvalue weighted by molar-refractivity contribution is 5.82. The van der Waals surface area contributed by atoms with Crippen LogP contribution in [0.4, 0.5) is 10.1 Å². The first-order chi connectivity index (χ1) is 7.72. The molecule has 1 aliphatic carbocycles. The van der Waals surface area contributed by atoms with Crippen molar-refractivity contribution in [3.05, 3.63) is 40.4 Å². The van der Waals surface area contributed by atoms with Gasteiger partial charge in [0.2, 0.25) is 5.56 Å². The van der Waals surface area contributed by atoms with Crippen molar-refractivity contribution in [3.8, 4) is 0 Å². The van der Waals surface area contributed by atoms with E-state index in [-0.39, 0.29) is 11.4 Å². The molecule has 0 spiro atoms. The van der Waals surface area contributed by atoms with E-state index in [9.17, 15) is 9.18 Å². The molecule has 0 unspecified atom stereocenters. The predicted octanol–water partition coefficient (Wildman–Crippen LogP) is 2.24. The van der Waals surface area contributed by atoms with Crippen LogP contribution in [0.2, 0.25) is 0 Å². The van der Waals surface area contributed by atoms with Crippen molar-refractivity contribution in [2.45, 2.75) is 18.9 Å². The molecular weight excluding hydrogens is 207 g/mol. The number of anilines is 1. The number of fused-ring (bicyclic) bond motifs is 1. The summed E-state index contributed by atoms with van der Waals surface area (Å²) in [7, 11) is 0. The van der Waals surface area contributed by atoms with Crippen molar-refractivity contribution in [1.82, 2.24) is 4.98 Å². The summed E-state index contributed by atoms with van der Waals surface area (Å²) in [6.45, 7) is 0. The molecule has 1 aromatic carbocycles. The molecule has 3 rings (SSSR count).